The Morgan fingerprint density at radius 2 is 2.15 bits per heavy atom. The summed E-state index contributed by atoms with van der Waals surface area (Å²) in [6, 6.07) is 7.60. The summed E-state index contributed by atoms with van der Waals surface area (Å²) in [5, 5.41) is 4.11. The van der Waals surface area contributed by atoms with Gasteiger partial charge in [0.25, 0.3) is 0 Å². The molecular weight excluding hydrogens is 274 g/mol. The number of benzene rings is 1. The van der Waals surface area contributed by atoms with Gasteiger partial charge in [-0.15, -0.1) is 0 Å². The lowest BCUT2D eigenvalue weighted by atomic mass is 10.0. The molecule has 0 saturated carbocycles. The van der Waals surface area contributed by atoms with Gasteiger partial charge in [0.1, 0.15) is 11.9 Å². The molecule has 0 aliphatic carbocycles. The van der Waals surface area contributed by atoms with Gasteiger partial charge < -0.3 is 19.9 Å². The molecule has 0 radical (unpaired) electrons. The van der Waals surface area contributed by atoms with E-state index in [-0.39, 0.29) is 18.9 Å². The second-order valence-electron chi connectivity index (χ2n) is 4.68. The Kier molecular flexibility index (Phi) is 3.80. The Labute approximate surface area is 122 Å². The summed E-state index contributed by atoms with van der Waals surface area (Å²) in [6.45, 7) is 2.33. The maximum Gasteiger partial charge on any atom is 0.231 e. The van der Waals surface area contributed by atoms with Crippen molar-refractivity contribution >= 4 is 11.3 Å². The quantitative estimate of drug-likeness (QED) is 0.918. The van der Waals surface area contributed by atoms with E-state index in [9.17, 15) is 0 Å². The van der Waals surface area contributed by atoms with Crippen LogP contribution in [0.1, 0.15) is 25.0 Å². The van der Waals surface area contributed by atoms with Crippen LogP contribution in [0.3, 0.4) is 0 Å². The average molecular weight is 291 g/mol. The minimum atomic E-state index is -0.147. The first-order valence-corrected chi connectivity index (χ1v) is 7.56. The molecule has 2 heterocycles. The van der Waals surface area contributed by atoms with Crippen LogP contribution in [0, 0.1) is 0 Å². The van der Waals surface area contributed by atoms with Gasteiger partial charge in [-0.3, -0.25) is 0 Å². The highest BCUT2D eigenvalue weighted by Crippen LogP contribution is 2.37. The van der Waals surface area contributed by atoms with E-state index in [4.69, 9.17) is 19.9 Å². The molecule has 1 aliphatic rings. The first-order chi connectivity index (χ1) is 9.78. The number of ether oxygens (including phenoxy) is 3. The number of hydrogen-bond donors (Lipinski definition) is 1. The van der Waals surface area contributed by atoms with Crippen LogP contribution in [-0.2, 0) is 0 Å². The number of rotatable bonds is 5. The van der Waals surface area contributed by atoms with Crippen molar-refractivity contribution in [2.45, 2.75) is 25.5 Å². The minimum Gasteiger partial charge on any atom is -0.484 e. The predicted octanol–water partition coefficient (Wildman–Crippen LogP) is 3.33. The van der Waals surface area contributed by atoms with Gasteiger partial charge in [-0.2, -0.15) is 11.3 Å². The zero-order chi connectivity index (χ0) is 13.9. The molecule has 2 atom stereocenters. The fourth-order valence-electron chi connectivity index (χ4n) is 2.15. The Morgan fingerprint density at radius 1 is 1.30 bits per heavy atom. The summed E-state index contributed by atoms with van der Waals surface area (Å²) in [7, 11) is 0. The lowest BCUT2D eigenvalue weighted by molar-refractivity contribution is 0.168. The summed E-state index contributed by atoms with van der Waals surface area (Å²) in [5.74, 6) is 2.22. The van der Waals surface area contributed by atoms with E-state index >= 15 is 0 Å². The van der Waals surface area contributed by atoms with Crippen LogP contribution in [-0.4, -0.2) is 12.8 Å². The van der Waals surface area contributed by atoms with Crippen molar-refractivity contribution in [2.75, 3.05) is 6.79 Å². The van der Waals surface area contributed by atoms with Crippen molar-refractivity contribution in [2.24, 2.45) is 5.73 Å². The molecule has 106 valence electrons. The van der Waals surface area contributed by atoms with Crippen molar-refractivity contribution in [1.29, 1.82) is 0 Å². The Hall–Kier alpha value is -1.72. The molecule has 0 amide bonds. The maximum absolute atomic E-state index is 6.19. The summed E-state index contributed by atoms with van der Waals surface area (Å²) in [4.78, 5) is 0. The third-order valence-electron chi connectivity index (χ3n) is 3.34. The van der Waals surface area contributed by atoms with Gasteiger partial charge in [0.2, 0.25) is 6.79 Å². The highest BCUT2D eigenvalue weighted by atomic mass is 32.1. The van der Waals surface area contributed by atoms with Crippen molar-refractivity contribution in [1.82, 2.24) is 0 Å². The van der Waals surface area contributed by atoms with Crippen molar-refractivity contribution in [3.8, 4) is 17.2 Å². The second kappa shape index (κ2) is 5.73. The zero-order valence-electron chi connectivity index (χ0n) is 11.2. The van der Waals surface area contributed by atoms with Gasteiger partial charge in [-0.25, -0.2) is 0 Å². The van der Waals surface area contributed by atoms with Crippen LogP contribution in [0.15, 0.2) is 35.0 Å². The highest BCUT2D eigenvalue weighted by molar-refractivity contribution is 7.07. The molecule has 2 aromatic rings. The van der Waals surface area contributed by atoms with Gasteiger partial charge >= 0.3 is 0 Å². The maximum atomic E-state index is 6.19. The Morgan fingerprint density at radius 3 is 2.90 bits per heavy atom. The number of hydrogen-bond acceptors (Lipinski definition) is 5. The molecule has 1 aliphatic heterocycles. The summed E-state index contributed by atoms with van der Waals surface area (Å²) >= 11 is 1.65. The number of thiophene rings is 1. The molecule has 2 N–H and O–H groups in total. The van der Waals surface area contributed by atoms with Gasteiger partial charge in [-0.1, -0.05) is 6.92 Å². The van der Waals surface area contributed by atoms with Gasteiger partial charge in [0.05, 0.1) is 0 Å². The van der Waals surface area contributed by atoms with Crippen molar-refractivity contribution in [3.63, 3.8) is 0 Å². The van der Waals surface area contributed by atoms with E-state index in [1.165, 1.54) is 0 Å². The van der Waals surface area contributed by atoms with Crippen molar-refractivity contribution in [3.05, 3.63) is 40.6 Å². The van der Waals surface area contributed by atoms with Gasteiger partial charge in [0, 0.05) is 17.7 Å². The SMILES string of the molecule is CCC(N)C(Oc1ccc2c(c1)OCO2)c1ccsc1. The largest absolute Gasteiger partial charge is 0.484 e. The summed E-state index contributed by atoms with van der Waals surface area (Å²) in [6.07, 6.45) is 0.706. The van der Waals surface area contributed by atoms with Crippen LogP contribution in [0.25, 0.3) is 0 Å². The Bertz CT molecular complexity index is 571. The molecule has 5 heteroatoms. The van der Waals surface area contributed by atoms with E-state index in [2.05, 4.69) is 18.4 Å². The molecule has 20 heavy (non-hydrogen) atoms. The van der Waals surface area contributed by atoms with E-state index in [1.54, 1.807) is 11.3 Å². The fraction of sp³-hybridized carbons (Fsp3) is 0.333. The number of nitrogens with two attached hydrogens (primary N) is 1. The first kappa shape index (κ1) is 13.3. The lowest BCUT2D eigenvalue weighted by Crippen LogP contribution is -2.31. The molecule has 0 saturated heterocycles. The average Bonchev–Trinajstić information content (AvgIpc) is 3.14. The van der Waals surface area contributed by atoms with Gasteiger partial charge in [-0.05, 0) is 35.4 Å². The topological polar surface area (TPSA) is 53.7 Å². The smallest absolute Gasteiger partial charge is 0.231 e. The summed E-state index contributed by atoms with van der Waals surface area (Å²) in [5.41, 5.74) is 7.31. The monoisotopic (exact) mass is 291 g/mol. The van der Waals surface area contributed by atoms with E-state index in [0.29, 0.717) is 0 Å². The summed E-state index contributed by atoms with van der Waals surface area (Å²) < 4.78 is 16.7. The van der Waals surface area contributed by atoms with E-state index in [1.807, 2.05) is 23.6 Å². The van der Waals surface area contributed by atoms with Crippen LogP contribution in [0.4, 0.5) is 0 Å². The van der Waals surface area contributed by atoms with Crippen molar-refractivity contribution < 1.29 is 14.2 Å². The highest BCUT2D eigenvalue weighted by Gasteiger charge is 2.22. The molecule has 0 fully saturated rings. The molecule has 0 bridgehead atoms. The fourth-order valence-corrected chi connectivity index (χ4v) is 2.83. The second-order valence-corrected chi connectivity index (χ2v) is 5.46. The predicted molar refractivity (Wildman–Crippen MR) is 78.5 cm³/mol. The van der Waals surface area contributed by atoms with Gasteiger partial charge in [0.15, 0.2) is 11.5 Å². The number of fused-ring (bicyclic) bond motifs is 1. The molecule has 3 rings (SSSR count). The minimum absolute atomic E-state index is 0.0463. The van der Waals surface area contributed by atoms with E-state index in [0.717, 1.165) is 29.2 Å². The lowest BCUT2D eigenvalue weighted by Gasteiger charge is -2.23. The van der Waals surface area contributed by atoms with E-state index < -0.39 is 0 Å². The molecule has 0 spiro atoms. The Balaban J connectivity index is 1.83. The van der Waals surface area contributed by atoms with Crippen LogP contribution < -0.4 is 19.9 Å². The zero-order valence-corrected chi connectivity index (χ0v) is 12.1. The van der Waals surface area contributed by atoms with Crippen LogP contribution in [0.2, 0.25) is 0 Å². The molecule has 2 unspecified atom stereocenters. The standard InChI is InChI=1S/C15H17NO3S/c1-2-12(16)15(10-5-6-20-8-10)19-11-3-4-13-14(7-11)18-9-17-13/h3-8,12,15H,2,9,16H2,1H3. The molecule has 4 nitrogen and oxygen atoms in total. The molecule has 1 aromatic carbocycles. The molecule has 1 aromatic heterocycles. The first-order valence-electron chi connectivity index (χ1n) is 6.62. The van der Waals surface area contributed by atoms with Crippen LogP contribution >= 0.6 is 11.3 Å². The normalized spacial score (nSPS) is 15.9. The van der Waals surface area contributed by atoms with Crippen LogP contribution in [0.5, 0.6) is 17.2 Å². The third kappa shape index (κ3) is 2.59. The third-order valence-corrected chi connectivity index (χ3v) is 4.04. The molecular formula is C15H17NO3S.